The summed E-state index contributed by atoms with van der Waals surface area (Å²) in [6, 6.07) is 18.6. The van der Waals surface area contributed by atoms with Crippen LogP contribution in [0.4, 0.5) is 0 Å². The summed E-state index contributed by atoms with van der Waals surface area (Å²) in [5, 5.41) is 2.31. The maximum absolute atomic E-state index is 6.16. The second-order valence-corrected chi connectivity index (χ2v) is 6.09. The Morgan fingerprint density at radius 2 is 1.85 bits per heavy atom. The van der Waals surface area contributed by atoms with Gasteiger partial charge in [0.1, 0.15) is 11.9 Å². The molecule has 3 aromatic rings. The highest BCUT2D eigenvalue weighted by Gasteiger charge is 2.14. The van der Waals surface area contributed by atoms with Gasteiger partial charge in [-0.05, 0) is 30.5 Å². The molecule has 0 aliphatic carbocycles. The van der Waals surface area contributed by atoms with E-state index in [9.17, 15) is 0 Å². The molecule has 0 bridgehead atoms. The van der Waals surface area contributed by atoms with Gasteiger partial charge >= 0.3 is 0 Å². The van der Waals surface area contributed by atoms with Crippen molar-refractivity contribution in [3.63, 3.8) is 0 Å². The number of rotatable bonds is 4. The number of benzene rings is 2. The molecule has 3 heteroatoms. The van der Waals surface area contributed by atoms with Crippen molar-refractivity contribution in [3.8, 4) is 5.75 Å². The van der Waals surface area contributed by atoms with Gasteiger partial charge in [0, 0.05) is 21.7 Å². The molecule has 3 rings (SSSR count). The fraction of sp³-hybridized carbons (Fsp3) is 0.176. The molecule has 0 fully saturated rings. The van der Waals surface area contributed by atoms with E-state index in [4.69, 9.17) is 10.5 Å². The molecule has 2 N–H and O–H groups in total. The molecule has 0 spiro atoms. The lowest BCUT2D eigenvalue weighted by molar-refractivity contribution is 0.221. The number of thiophene rings is 1. The van der Waals surface area contributed by atoms with Crippen LogP contribution < -0.4 is 10.5 Å². The lowest BCUT2D eigenvalue weighted by Gasteiger charge is -2.17. The van der Waals surface area contributed by atoms with Crippen LogP contribution in [-0.2, 0) is 0 Å². The van der Waals surface area contributed by atoms with Crippen LogP contribution >= 0.6 is 11.3 Å². The van der Waals surface area contributed by atoms with E-state index in [1.807, 2.05) is 24.3 Å². The largest absolute Gasteiger partial charge is 0.483 e. The highest BCUT2D eigenvalue weighted by Crippen LogP contribution is 2.31. The number of hydrogen-bond donors (Lipinski definition) is 1. The van der Waals surface area contributed by atoms with Crippen molar-refractivity contribution in [1.29, 1.82) is 0 Å². The first-order valence-electron chi connectivity index (χ1n) is 6.69. The second kappa shape index (κ2) is 5.65. The summed E-state index contributed by atoms with van der Waals surface area (Å²) in [5.74, 6) is 0.893. The monoisotopic (exact) mass is 283 g/mol. The number of nitrogens with two attached hydrogens (primary N) is 1. The van der Waals surface area contributed by atoms with Crippen molar-refractivity contribution >= 4 is 22.1 Å². The summed E-state index contributed by atoms with van der Waals surface area (Å²) < 4.78 is 6.16. The average Bonchev–Trinajstić information content (AvgIpc) is 2.91. The molecular formula is C17H17NOS. The van der Waals surface area contributed by atoms with Crippen LogP contribution in [0.3, 0.4) is 0 Å². The van der Waals surface area contributed by atoms with Gasteiger partial charge in [0.25, 0.3) is 0 Å². The Bertz CT molecular complexity index is 714. The minimum atomic E-state index is -0.0838. The molecule has 1 unspecified atom stereocenters. The van der Waals surface area contributed by atoms with Gasteiger partial charge in [-0.2, -0.15) is 0 Å². The summed E-state index contributed by atoms with van der Waals surface area (Å²) >= 11 is 1.74. The summed E-state index contributed by atoms with van der Waals surface area (Å²) in [4.78, 5) is 2.46. The van der Waals surface area contributed by atoms with Crippen molar-refractivity contribution < 1.29 is 4.74 Å². The van der Waals surface area contributed by atoms with Crippen LogP contribution in [0.2, 0.25) is 0 Å². The molecule has 2 nitrogen and oxygen atoms in total. The number of fused-ring (bicyclic) bond motifs is 1. The summed E-state index contributed by atoms with van der Waals surface area (Å²) in [6.07, 6.45) is -0.0838. The molecule has 1 atom stereocenters. The van der Waals surface area contributed by atoms with Gasteiger partial charge in [-0.3, -0.25) is 0 Å². The molecule has 0 saturated carbocycles. The highest BCUT2D eigenvalue weighted by molar-refractivity contribution is 7.12. The maximum atomic E-state index is 6.16. The van der Waals surface area contributed by atoms with E-state index < -0.39 is 0 Å². The molecule has 102 valence electrons. The third kappa shape index (κ3) is 2.55. The Balaban J connectivity index is 1.95. The Morgan fingerprint density at radius 3 is 2.60 bits per heavy atom. The van der Waals surface area contributed by atoms with Crippen molar-refractivity contribution in [2.24, 2.45) is 5.73 Å². The van der Waals surface area contributed by atoms with Crippen LogP contribution in [0.1, 0.15) is 15.9 Å². The molecular weight excluding hydrogens is 266 g/mol. The number of hydrogen-bond acceptors (Lipinski definition) is 3. The molecule has 1 heterocycles. The van der Waals surface area contributed by atoms with Crippen molar-refractivity contribution in [1.82, 2.24) is 0 Å². The van der Waals surface area contributed by atoms with Crippen LogP contribution in [0.15, 0.2) is 54.6 Å². The van der Waals surface area contributed by atoms with Gasteiger partial charge in [-0.25, -0.2) is 0 Å². The van der Waals surface area contributed by atoms with Gasteiger partial charge in [-0.1, -0.05) is 36.4 Å². The SMILES string of the molecule is Cc1ccc(C(CN)Oc2cccc3ccccc23)s1. The lowest BCUT2D eigenvalue weighted by atomic mass is 10.1. The van der Waals surface area contributed by atoms with E-state index in [-0.39, 0.29) is 6.10 Å². The Morgan fingerprint density at radius 1 is 1.05 bits per heavy atom. The fourth-order valence-electron chi connectivity index (χ4n) is 2.30. The van der Waals surface area contributed by atoms with E-state index in [1.54, 1.807) is 11.3 Å². The van der Waals surface area contributed by atoms with Crippen LogP contribution in [0.5, 0.6) is 5.75 Å². The van der Waals surface area contributed by atoms with Crippen LogP contribution in [0, 0.1) is 6.92 Å². The molecule has 0 saturated heterocycles. The molecule has 0 radical (unpaired) electrons. The first-order valence-corrected chi connectivity index (χ1v) is 7.50. The fourth-order valence-corrected chi connectivity index (χ4v) is 3.22. The molecule has 0 aliphatic heterocycles. The first-order chi connectivity index (χ1) is 9.78. The van der Waals surface area contributed by atoms with Crippen LogP contribution in [-0.4, -0.2) is 6.54 Å². The zero-order valence-corrected chi connectivity index (χ0v) is 12.2. The van der Waals surface area contributed by atoms with Crippen molar-refractivity contribution in [2.75, 3.05) is 6.54 Å². The normalized spacial score (nSPS) is 12.5. The second-order valence-electron chi connectivity index (χ2n) is 4.77. The van der Waals surface area contributed by atoms with Crippen molar-refractivity contribution in [3.05, 3.63) is 64.4 Å². The summed E-state index contributed by atoms with van der Waals surface area (Å²) in [6.45, 7) is 2.57. The van der Waals surface area contributed by atoms with E-state index in [0.717, 1.165) is 11.1 Å². The van der Waals surface area contributed by atoms with Gasteiger partial charge in [0.2, 0.25) is 0 Å². The summed E-state index contributed by atoms with van der Waals surface area (Å²) in [7, 11) is 0. The predicted octanol–water partition coefficient (Wildman–Crippen LogP) is 4.29. The van der Waals surface area contributed by atoms with Gasteiger partial charge in [0.15, 0.2) is 0 Å². The molecule has 1 aromatic heterocycles. The minimum absolute atomic E-state index is 0.0838. The molecule has 0 aliphatic rings. The lowest BCUT2D eigenvalue weighted by Crippen LogP contribution is -2.17. The zero-order valence-electron chi connectivity index (χ0n) is 11.4. The van der Waals surface area contributed by atoms with Gasteiger partial charge < -0.3 is 10.5 Å². The number of aryl methyl sites for hydroxylation is 1. The Kier molecular flexibility index (Phi) is 3.72. The average molecular weight is 283 g/mol. The first kappa shape index (κ1) is 13.2. The van der Waals surface area contributed by atoms with Crippen molar-refractivity contribution in [2.45, 2.75) is 13.0 Å². The van der Waals surface area contributed by atoms with E-state index in [0.29, 0.717) is 6.54 Å². The van der Waals surface area contributed by atoms with Gasteiger partial charge in [0.05, 0.1) is 0 Å². The Labute approximate surface area is 122 Å². The minimum Gasteiger partial charge on any atom is -0.483 e. The Hall–Kier alpha value is -1.84. The maximum Gasteiger partial charge on any atom is 0.145 e. The number of ether oxygens (including phenoxy) is 1. The standard InChI is InChI=1S/C17H17NOS/c1-12-9-10-17(20-12)16(11-18)19-15-8-4-6-13-5-2-3-7-14(13)15/h2-10,16H,11,18H2,1H3. The van der Waals surface area contributed by atoms with E-state index >= 15 is 0 Å². The van der Waals surface area contributed by atoms with Gasteiger partial charge in [-0.15, -0.1) is 11.3 Å². The highest BCUT2D eigenvalue weighted by atomic mass is 32.1. The predicted molar refractivity (Wildman–Crippen MR) is 85.4 cm³/mol. The topological polar surface area (TPSA) is 35.2 Å². The van der Waals surface area contributed by atoms with Crippen LogP contribution in [0.25, 0.3) is 10.8 Å². The molecule has 20 heavy (non-hydrogen) atoms. The van der Waals surface area contributed by atoms with E-state index in [2.05, 4.69) is 37.3 Å². The molecule has 2 aromatic carbocycles. The quantitative estimate of drug-likeness (QED) is 0.775. The van der Waals surface area contributed by atoms with E-state index in [1.165, 1.54) is 15.1 Å². The summed E-state index contributed by atoms with van der Waals surface area (Å²) in [5.41, 5.74) is 5.89. The third-order valence-corrected chi connectivity index (χ3v) is 4.40. The smallest absolute Gasteiger partial charge is 0.145 e. The third-order valence-electron chi connectivity index (χ3n) is 3.31. The molecule has 0 amide bonds. The zero-order chi connectivity index (χ0) is 13.9.